The Morgan fingerprint density at radius 1 is 1.16 bits per heavy atom. The summed E-state index contributed by atoms with van der Waals surface area (Å²) in [7, 11) is 0. The first-order chi connectivity index (χ1) is 12.0. The van der Waals surface area contributed by atoms with Gasteiger partial charge < -0.3 is 10.2 Å². The van der Waals surface area contributed by atoms with Crippen LogP contribution in [0.15, 0.2) is 30.3 Å². The van der Waals surface area contributed by atoms with Crippen molar-refractivity contribution in [3.8, 4) is 5.69 Å². The van der Waals surface area contributed by atoms with E-state index in [0.29, 0.717) is 6.54 Å². The van der Waals surface area contributed by atoms with Gasteiger partial charge in [0.2, 0.25) is 11.8 Å². The molecular weight excluding hydrogens is 316 g/mol. The number of hydrogen-bond donors (Lipinski definition) is 1. The Hall–Kier alpha value is -2.63. The molecule has 0 saturated carbocycles. The van der Waals surface area contributed by atoms with Gasteiger partial charge in [-0.3, -0.25) is 9.59 Å². The van der Waals surface area contributed by atoms with Crippen LogP contribution >= 0.6 is 0 Å². The van der Waals surface area contributed by atoms with Crippen molar-refractivity contribution >= 4 is 17.5 Å². The molecule has 1 N–H and O–H groups in total. The number of rotatable bonds is 3. The van der Waals surface area contributed by atoms with E-state index >= 15 is 0 Å². The van der Waals surface area contributed by atoms with E-state index in [1.807, 2.05) is 48.9 Å². The van der Waals surface area contributed by atoms with Crippen LogP contribution in [0.3, 0.4) is 0 Å². The van der Waals surface area contributed by atoms with Crippen LogP contribution in [-0.2, 0) is 9.59 Å². The van der Waals surface area contributed by atoms with Gasteiger partial charge in [0.25, 0.3) is 0 Å². The van der Waals surface area contributed by atoms with E-state index in [1.165, 1.54) is 6.92 Å². The van der Waals surface area contributed by atoms with Crippen LogP contribution in [0.25, 0.3) is 5.69 Å². The zero-order chi connectivity index (χ0) is 18.0. The summed E-state index contributed by atoms with van der Waals surface area (Å²) in [5, 5.41) is 7.39. The molecule has 0 unspecified atom stereocenters. The molecule has 6 heteroatoms. The van der Waals surface area contributed by atoms with Crippen molar-refractivity contribution in [1.82, 2.24) is 14.7 Å². The molecule has 132 valence electrons. The van der Waals surface area contributed by atoms with Crippen LogP contribution in [0.2, 0.25) is 0 Å². The standard InChI is InChI=1S/C19H24N4O2/c1-13-12-14(2)23(21-13)17-9-7-16(8-10-17)20-19(25)18-6-4-5-11-22(18)15(3)24/h7-10,12,18H,4-6,11H2,1-3H3,(H,20,25)/t18-/m1/s1. The lowest BCUT2D eigenvalue weighted by atomic mass is 10.0. The zero-order valence-corrected chi connectivity index (χ0v) is 15.0. The van der Waals surface area contributed by atoms with Gasteiger partial charge >= 0.3 is 0 Å². The van der Waals surface area contributed by atoms with Crippen LogP contribution in [0.5, 0.6) is 0 Å². The Morgan fingerprint density at radius 2 is 1.88 bits per heavy atom. The summed E-state index contributed by atoms with van der Waals surface area (Å²) in [6, 6.07) is 9.24. The normalized spacial score (nSPS) is 17.4. The number of hydrogen-bond acceptors (Lipinski definition) is 3. The van der Waals surface area contributed by atoms with E-state index in [4.69, 9.17) is 0 Å². The molecule has 1 aliphatic rings. The Morgan fingerprint density at radius 3 is 2.48 bits per heavy atom. The minimum Gasteiger partial charge on any atom is -0.331 e. The fraction of sp³-hybridized carbons (Fsp3) is 0.421. The maximum atomic E-state index is 12.6. The smallest absolute Gasteiger partial charge is 0.247 e. The quantitative estimate of drug-likeness (QED) is 0.934. The van der Waals surface area contributed by atoms with Crippen molar-refractivity contribution in [2.75, 3.05) is 11.9 Å². The molecule has 1 aliphatic heterocycles. The van der Waals surface area contributed by atoms with E-state index in [2.05, 4.69) is 10.4 Å². The predicted octanol–water partition coefficient (Wildman–Crippen LogP) is 2.83. The molecular formula is C19H24N4O2. The molecule has 0 aliphatic carbocycles. The van der Waals surface area contributed by atoms with Gasteiger partial charge in [-0.25, -0.2) is 4.68 Å². The van der Waals surface area contributed by atoms with Crippen molar-refractivity contribution in [3.05, 3.63) is 41.7 Å². The molecule has 1 fully saturated rings. The summed E-state index contributed by atoms with van der Waals surface area (Å²) in [5.41, 5.74) is 3.71. The van der Waals surface area contributed by atoms with Gasteiger partial charge in [0.05, 0.1) is 11.4 Å². The Bertz CT molecular complexity index is 779. The summed E-state index contributed by atoms with van der Waals surface area (Å²) in [6.45, 7) is 6.15. The number of likely N-dealkylation sites (tertiary alicyclic amines) is 1. The number of aryl methyl sites for hydroxylation is 2. The molecule has 6 nitrogen and oxygen atoms in total. The van der Waals surface area contributed by atoms with E-state index < -0.39 is 0 Å². The molecule has 2 heterocycles. The highest BCUT2D eigenvalue weighted by Crippen LogP contribution is 2.20. The molecule has 3 rings (SSSR count). The molecule has 0 radical (unpaired) electrons. The molecule has 1 aromatic heterocycles. The molecule has 25 heavy (non-hydrogen) atoms. The minimum absolute atomic E-state index is 0.0419. The first kappa shape index (κ1) is 17.2. The topological polar surface area (TPSA) is 67.2 Å². The molecule has 2 aromatic rings. The fourth-order valence-corrected chi connectivity index (χ4v) is 3.38. The summed E-state index contributed by atoms with van der Waals surface area (Å²) in [4.78, 5) is 26.0. The van der Waals surface area contributed by atoms with Gasteiger partial charge in [0, 0.05) is 24.8 Å². The van der Waals surface area contributed by atoms with Crippen LogP contribution in [0, 0.1) is 13.8 Å². The number of carbonyl (C=O) groups is 2. The van der Waals surface area contributed by atoms with E-state index in [9.17, 15) is 9.59 Å². The van der Waals surface area contributed by atoms with E-state index in [0.717, 1.165) is 42.0 Å². The largest absolute Gasteiger partial charge is 0.331 e. The average Bonchev–Trinajstić information content (AvgIpc) is 2.94. The number of carbonyl (C=O) groups excluding carboxylic acids is 2. The number of aromatic nitrogens is 2. The summed E-state index contributed by atoms with van der Waals surface area (Å²) in [5.74, 6) is -0.159. The first-order valence-electron chi connectivity index (χ1n) is 8.67. The maximum absolute atomic E-state index is 12.6. The average molecular weight is 340 g/mol. The van der Waals surface area contributed by atoms with Gasteiger partial charge in [-0.1, -0.05) is 0 Å². The molecule has 0 spiro atoms. The molecule has 1 atom stereocenters. The third kappa shape index (κ3) is 3.73. The highest BCUT2D eigenvalue weighted by Gasteiger charge is 2.30. The number of piperidine rings is 1. The third-order valence-corrected chi connectivity index (χ3v) is 4.60. The van der Waals surface area contributed by atoms with Crippen LogP contribution < -0.4 is 5.32 Å². The van der Waals surface area contributed by atoms with Crippen molar-refractivity contribution < 1.29 is 9.59 Å². The molecule has 2 amide bonds. The second-order valence-corrected chi connectivity index (χ2v) is 6.60. The van der Waals surface area contributed by atoms with Crippen molar-refractivity contribution in [2.24, 2.45) is 0 Å². The molecule has 1 saturated heterocycles. The van der Waals surface area contributed by atoms with Crippen LogP contribution in [0.4, 0.5) is 5.69 Å². The fourth-order valence-electron chi connectivity index (χ4n) is 3.38. The third-order valence-electron chi connectivity index (χ3n) is 4.60. The second-order valence-electron chi connectivity index (χ2n) is 6.60. The lowest BCUT2D eigenvalue weighted by molar-refractivity contribution is -0.138. The van der Waals surface area contributed by atoms with Crippen molar-refractivity contribution in [1.29, 1.82) is 0 Å². The number of anilines is 1. The van der Waals surface area contributed by atoms with Gasteiger partial charge in [-0.15, -0.1) is 0 Å². The van der Waals surface area contributed by atoms with Gasteiger partial charge in [0.15, 0.2) is 0 Å². The lowest BCUT2D eigenvalue weighted by Crippen LogP contribution is -2.49. The van der Waals surface area contributed by atoms with Crippen LogP contribution in [-0.4, -0.2) is 39.1 Å². The summed E-state index contributed by atoms with van der Waals surface area (Å²) in [6.07, 6.45) is 2.65. The van der Waals surface area contributed by atoms with Gasteiger partial charge in [-0.05, 0) is 63.4 Å². The molecule has 1 aromatic carbocycles. The zero-order valence-electron chi connectivity index (χ0n) is 15.0. The molecule has 0 bridgehead atoms. The number of amides is 2. The Balaban J connectivity index is 1.71. The van der Waals surface area contributed by atoms with Gasteiger partial charge in [-0.2, -0.15) is 5.10 Å². The first-order valence-corrected chi connectivity index (χ1v) is 8.67. The number of benzene rings is 1. The summed E-state index contributed by atoms with van der Waals surface area (Å²) >= 11 is 0. The minimum atomic E-state index is -0.373. The SMILES string of the molecule is CC(=O)N1CCCC[C@@H]1C(=O)Nc1ccc(-n2nc(C)cc2C)cc1. The highest BCUT2D eigenvalue weighted by atomic mass is 16.2. The van der Waals surface area contributed by atoms with Crippen molar-refractivity contribution in [2.45, 2.75) is 46.1 Å². The predicted molar refractivity (Wildman–Crippen MR) is 96.7 cm³/mol. The Kier molecular flexibility index (Phi) is 4.88. The number of nitrogens with one attached hydrogen (secondary N) is 1. The van der Waals surface area contributed by atoms with E-state index in [-0.39, 0.29) is 17.9 Å². The second kappa shape index (κ2) is 7.09. The Labute approximate surface area is 147 Å². The monoisotopic (exact) mass is 340 g/mol. The highest BCUT2D eigenvalue weighted by molar-refractivity contribution is 5.97. The lowest BCUT2D eigenvalue weighted by Gasteiger charge is -2.33. The van der Waals surface area contributed by atoms with Crippen LogP contribution in [0.1, 0.15) is 37.6 Å². The maximum Gasteiger partial charge on any atom is 0.247 e. The summed E-state index contributed by atoms with van der Waals surface area (Å²) < 4.78 is 1.87. The van der Waals surface area contributed by atoms with Crippen molar-refractivity contribution in [3.63, 3.8) is 0 Å². The number of nitrogens with zero attached hydrogens (tertiary/aromatic N) is 3. The van der Waals surface area contributed by atoms with Gasteiger partial charge in [0.1, 0.15) is 6.04 Å². The van der Waals surface area contributed by atoms with E-state index in [1.54, 1.807) is 4.90 Å².